The molecule has 17 heavy (non-hydrogen) atoms. The summed E-state index contributed by atoms with van der Waals surface area (Å²) >= 11 is 0. The topological polar surface area (TPSA) is 32.3 Å². The number of allylic oxidation sites excluding steroid dienone is 3. The van der Waals surface area contributed by atoms with Gasteiger partial charge in [-0.25, -0.2) is 0 Å². The third kappa shape index (κ3) is 4.57. The molecule has 1 heterocycles. The summed E-state index contributed by atoms with van der Waals surface area (Å²) in [5.74, 6) is 0.0140. The van der Waals surface area contributed by atoms with E-state index in [0.29, 0.717) is 11.6 Å². The van der Waals surface area contributed by atoms with Crippen molar-refractivity contribution < 1.29 is 4.79 Å². The molecule has 1 fully saturated rings. The Morgan fingerprint density at radius 2 is 2.06 bits per heavy atom. The molecule has 0 atom stereocenters. The molecule has 1 rings (SSSR count). The van der Waals surface area contributed by atoms with Crippen molar-refractivity contribution in [1.82, 2.24) is 10.2 Å². The maximum absolute atomic E-state index is 12.0. The minimum atomic E-state index is 0.0140. The van der Waals surface area contributed by atoms with Crippen LogP contribution in [0.4, 0.5) is 0 Å². The van der Waals surface area contributed by atoms with Gasteiger partial charge in [-0.1, -0.05) is 24.8 Å². The second-order valence-electron chi connectivity index (χ2n) is 4.39. The fourth-order valence-electron chi connectivity index (χ4n) is 1.90. The Kier molecular flexibility index (Phi) is 5.70. The van der Waals surface area contributed by atoms with Crippen LogP contribution >= 0.6 is 0 Å². The van der Waals surface area contributed by atoms with Crippen LogP contribution in [-0.4, -0.2) is 37.0 Å². The van der Waals surface area contributed by atoms with Gasteiger partial charge in [0.2, 0.25) is 0 Å². The third-order valence-electron chi connectivity index (χ3n) is 3.04. The average Bonchev–Trinajstić information content (AvgIpc) is 2.33. The molecule has 1 aliphatic rings. The largest absolute Gasteiger partial charge is 0.349 e. The summed E-state index contributed by atoms with van der Waals surface area (Å²) in [6.07, 6.45) is 9.13. The summed E-state index contributed by atoms with van der Waals surface area (Å²) in [4.78, 5) is 14.2. The lowest BCUT2D eigenvalue weighted by Crippen LogP contribution is -2.43. The van der Waals surface area contributed by atoms with Gasteiger partial charge in [0.1, 0.15) is 0 Å². The molecule has 0 aromatic carbocycles. The number of hydrogen-bond donors (Lipinski definition) is 1. The van der Waals surface area contributed by atoms with Crippen LogP contribution in [0.15, 0.2) is 36.5 Å². The fourth-order valence-corrected chi connectivity index (χ4v) is 1.90. The van der Waals surface area contributed by atoms with Gasteiger partial charge >= 0.3 is 0 Å². The molecule has 1 N–H and O–H groups in total. The molecule has 0 radical (unpaired) electrons. The van der Waals surface area contributed by atoms with Gasteiger partial charge in [-0.15, -0.1) is 0 Å². The maximum atomic E-state index is 12.0. The van der Waals surface area contributed by atoms with Crippen LogP contribution in [-0.2, 0) is 4.79 Å². The molecule has 0 aliphatic carbocycles. The van der Waals surface area contributed by atoms with Crippen molar-refractivity contribution in [1.29, 1.82) is 0 Å². The van der Waals surface area contributed by atoms with Crippen LogP contribution in [0, 0.1) is 0 Å². The second kappa shape index (κ2) is 7.07. The first-order valence-corrected chi connectivity index (χ1v) is 6.12. The number of carbonyl (C=O) groups excluding carboxylic acids is 1. The van der Waals surface area contributed by atoms with E-state index in [9.17, 15) is 4.79 Å². The van der Waals surface area contributed by atoms with Crippen LogP contribution < -0.4 is 5.32 Å². The standard InChI is InChI=1S/C14H22N2O/c1-4-6-7-12(5-2)14(17)15-13-8-10-16(3)11-9-13/h4-7,13H,1,8-11H2,2-3H3,(H,15,17)/b7-6-,12-5+. The molecule has 0 spiro atoms. The van der Waals surface area contributed by atoms with Gasteiger partial charge in [-0.3, -0.25) is 4.79 Å². The van der Waals surface area contributed by atoms with E-state index in [1.54, 1.807) is 18.2 Å². The van der Waals surface area contributed by atoms with E-state index in [0.717, 1.165) is 25.9 Å². The Labute approximate surface area is 104 Å². The van der Waals surface area contributed by atoms with E-state index in [1.165, 1.54) is 0 Å². The van der Waals surface area contributed by atoms with Gasteiger partial charge in [0.05, 0.1) is 0 Å². The Morgan fingerprint density at radius 3 is 2.59 bits per heavy atom. The quantitative estimate of drug-likeness (QED) is 0.595. The number of likely N-dealkylation sites (tertiary alicyclic amines) is 1. The molecule has 0 saturated carbocycles. The van der Waals surface area contributed by atoms with Gasteiger partial charge in [-0.2, -0.15) is 0 Å². The first-order valence-electron chi connectivity index (χ1n) is 6.12. The maximum Gasteiger partial charge on any atom is 0.251 e. The number of piperidine rings is 1. The molecule has 0 aromatic heterocycles. The molecule has 0 unspecified atom stereocenters. The molecule has 3 nitrogen and oxygen atoms in total. The average molecular weight is 234 g/mol. The predicted molar refractivity (Wildman–Crippen MR) is 71.8 cm³/mol. The van der Waals surface area contributed by atoms with Crippen LogP contribution in [0.25, 0.3) is 0 Å². The van der Waals surface area contributed by atoms with Crippen molar-refractivity contribution in [2.75, 3.05) is 20.1 Å². The molecule has 1 amide bonds. The lowest BCUT2D eigenvalue weighted by atomic mass is 10.0. The zero-order valence-electron chi connectivity index (χ0n) is 10.8. The van der Waals surface area contributed by atoms with Crippen molar-refractivity contribution in [2.45, 2.75) is 25.8 Å². The Bertz CT molecular complexity index is 323. The van der Waals surface area contributed by atoms with E-state index in [1.807, 2.05) is 13.0 Å². The fraction of sp³-hybridized carbons (Fsp3) is 0.500. The van der Waals surface area contributed by atoms with Crippen molar-refractivity contribution in [3.05, 3.63) is 36.5 Å². The predicted octanol–water partition coefficient (Wildman–Crippen LogP) is 1.89. The van der Waals surface area contributed by atoms with E-state index in [2.05, 4.69) is 23.8 Å². The van der Waals surface area contributed by atoms with Crippen LogP contribution in [0.1, 0.15) is 19.8 Å². The van der Waals surface area contributed by atoms with E-state index < -0.39 is 0 Å². The van der Waals surface area contributed by atoms with E-state index in [-0.39, 0.29) is 5.91 Å². The van der Waals surface area contributed by atoms with Crippen LogP contribution in [0.5, 0.6) is 0 Å². The highest BCUT2D eigenvalue weighted by Gasteiger charge is 2.18. The van der Waals surface area contributed by atoms with Crippen molar-refractivity contribution >= 4 is 5.91 Å². The molecule has 1 aliphatic heterocycles. The van der Waals surface area contributed by atoms with E-state index in [4.69, 9.17) is 0 Å². The van der Waals surface area contributed by atoms with Crippen LogP contribution in [0.3, 0.4) is 0 Å². The zero-order valence-corrected chi connectivity index (χ0v) is 10.8. The Morgan fingerprint density at radius 1 is 1.41 bits per heavy atom. The molecule has 1 saturated heterocycles. The lowest BCUT2D eigenvalue weighted by molar-refractivity contribution is -0.118. The molecular formula is C14H22N2O. The number of rotatable bonds is 4. The van der Waals surface area contributed by atoms with E-state index >= 15 is 0 Å². The van der Waals surface area contributed by atoms with Crippen LogP contribution in [0.2, 0.25) is 0 Å². The number of amides is 1. The molecule has 94 valence electrons. The minimum Gasteiger partial charge on any atom is -0.349 e. The summed E-state index contributed by atoms with van der Waals surface area (Å²) in [7, 11) is 2.11. The van der Waals surface area contributed by atoms with Crippen molar-refractivity contribution in [3.63, 3.8) is 0 Å². The first kappa shape index (κ1) is 13.7. The van der Waals surface area contributed by atoms with Gasteiger partial charge in [-0.05, 0) is 46.0 Å². The number of carbonyl (C=O) groups is 1. The van der Waals surface area contributed by atoms with Crippen molar-refractivity contribution in [2.24, 2.45) is 0 Å². The third-order valence-corrected chi connectivity index (χ3v) is 3.04. The summed E-state index contributed by atoms with van der Waals surface area (Å²) in [5.41, 5.74) is 0.698. The highest BCUT2D eigenvalue weighted by atomic mass is 16.1. The summed E-state index contributed by atoms with van der Waals surface area (Å²) in [6.45, 7) is 7.58. The van der Waals surface area contributed by atoms with Gasteiger partial charge in [0.25, 0.3) is 5.91 Å². The Hall–Kier alpha value is -1.35. The number of nitrogens with one attached hydrogen (secondary N) is 1. The second-order valence-corrected chi connectivity index (χ2v) is 4.39. The molecule has 3 heteroatoms. The SMILES string of the molecule is C=C/C=C\C(=C/C)C(=O)NC1CCN(C)CC1. The first-order chi connectivity index (χ1) is 8.17. The minimum absolute atomic E-state index is 0.0140. The normalized spacial score (nSPS) is 19.5. The summed E-state index contributed by atoms with van der Waals surface area (Å²) in [5, 5.41) is 3.08. The van der Waals surface area contributed by atoms with Gasteiger partial charge in [0, 0.05) is 11.6 Å². The molecule has 0 aromatic rings. The monoisotopic (exact) mass is 234 g/mol. The number of nitrogens with zero attached hydrogens (tertiary/aromatic N) is 1. The van der Waals surface area contributed by atoms with Gasteiger partial charge < -0.3 is 10.2 Å². The molecule has 0 bridgehead atoms. The zero-order chi connectivity index (χ0) is 12.7. The highest BCUT2D eigenvalue weighted by molar-refractivity contribution is 5.96. The van der Waals surface area contributed by atoms with Crippen molar-refractivity contribution in [3.8, 4) is 0 Å². The lowest BCUT2D eigenvalue weighted by Gasteiger charge is -2.29. The smallest absolute Gasteiger partial charge is 0.251 e. The highest BCUT2D eigenvalue weighted by Crippen LogP contribution is 2.09. The van der Waals surface area contributed by atoms with Gasteiger partial charge in [0.15, 0.2) is 0 Å². The number of hydrogen-bond acceptors (Lipinski definition) is 2. The summed E-state index contributed by atoms with van der Waals surface area (Å²) < 4.78 is 0. The Balaban J connectivity index is 2.47. The molecular weight excluding hydrogens is 212 g/mol. The summed E-state index contributed by atoms with van der Waals surface area (Å²) in [6, 6.07) is 0.311.